The van der Waals surface area contributed by atoms with Crippen LogP contribution >= 0.6 is 0 Å². The summed E-state index contributed by atoms with van der Waals surface area (Å²) in [6.45, 7) is -0.667. The molecule has 0 aliphatic carbocycles. The van der Waals surface area contributed by atoms with Crippen molar-refractivity contribution in [2.24, 2.45) is 5.73 Å². The minimum atomic E-state index is -4.44. The molecule has 0 unspecified atom stereocenters. The molecule has 176 valence electrons. The number of carbonyl (C=O) groups is 2. The second-order valence-electron chi connectivity index (χ2n) is 8.03. The maximum atomic E-state index is 13.8. The van der Waals surface area contributed by atoms with Crippen LogP contribution in [0, 0.1) is 0 Å². The summed E-state index contributed by atoms with van der Waals surface area (Å²) in [5, 5.41) is 2.18. The van der Waals surface area contributed by atoms with Gasteiger partial charge in [0.25, 0.3) is 0 Å². The summed E-state index contributed by atoms with van der Waals surface area (Å²) in [5.74, 6) is 0.204. The fourth-order valence-electron chi connectivity index (χ4n) is 4.33. The van der Waals surface area contributed by atoms with E-state index in [1.807, 2.05) is 0 Å². The summed E-state index contributed by atoms with van der Waals surface area (Å²) in [6.07, 6.45) is -2.51. The lowest BCUT2D eigenvalue weighted by Gasteiger charge is -2.46. The third-order valence-corrected chi connectivity index (χ3v) is 6.06. The number of likely N-dealkylation sites (tertiary alicyclic amines) is 1. The summed E-state index contributed by atoms with van der Waals surface area (Å²) in [5.41, 5.74) is 5.95. The van der Waals surface area contributed by atoms with Gasteiger partial charge in [-0.1, -0.05) is 0 Å². The molecule has 33 heavy (non-hydrogen) atoms. The number of primary amides is 1. The summed E-state index contributed by atoms with van der Waals surface area (Å²) >= 11 is 0. The lowest BCUT2D eigenvalue weighted by molar-refractivity contribution is -0.126. The van der Waals surface area contributed by atoms with E-state index in [0.29, 0.717) is 22.7 Å². The number of rotatable bonds is 4. The van der Waals surface area contributed by atoms with Crippen molar-refractivity contribution >= 4 is 23.6 Å². The highest BCUT2D eigenvalue weighted by Crippen LogP contribution is 2.43. The zero-order chi connectivity index (χ0) is 23.8. The number of aromatic nitrogens is 2. The van der Waals surface area contributed by atoms with Gasteiger partial charge in [-0.3, -0.25) is 4.79 Å². The zero-order valence-corrected chi connectivity index (χ0v) is 17.9. The fourth-order valence-corrected chi connectivity index (χ4v) is 4.33. The van der Waals surface area contributed by atoms with Gasteiger partial charge < -0.3 is 25.6 Å². The van der Waals surface area contributed by atoms with Gasteiger partial charge in [0.1, 0.15) is 12.3 Å². The van der Waals surface area contributed by atoms with Gasteiger partial charge in [-0.15, -0.1) is 0 Å². The highest BCUT2D eigenvalue weighted by Gasteiger charge is 2.51. The summed E-state index contributed by atoms with van der Waals surface area (Å²) in [6, 6.07) is 6.40. The van der Waals surface area contributed by atoms with E-state index in [0.717, 1.165) is 0 Å². The molecule has 2 aliphatic rings. The number of hydrogen-bond acceptors (Lipinski definition) is 6. The van der Waals surface area contributed by atoms with E-state index in [9.17, 15) is 22.8 Å². The van der Waals surface area contributed by atoms with E-state index in [-0.39, 0.29) is 44.3 Å². The Hall–Kier alpha value is -3.57. The van der Waals surface area contributed by atoms with E-state index in [4.69, 9.17) is 10.5 Å². The van der Waals surface area contributed by atoms with Crippen LogP contribution < -0.4 is 20.7 Å². The fraction of sp³-hybridized carbons (Fsp3) is 0.429. The normalized spacial score (nSPS) is 17.6. The van der Waals surface area contributed by atoms with Gasteiger partial charge in [-0.05, 0) is 37.1 Å². The number of nitrogens with two attached hydrogens (primary N) is 1. The number of piperidine rings is 1. The second-order valence-corrected chi connectivity index (χ2v) is 8.03. The smallest absolute Gasteiger partial charge is 0.405 e. The molecule has 2 aliphatic heterocycles. The number of urea groups is 1. The molecule has 0 saturated carbocycles. The number of anilines is 2. The average Bonchev–Trinajstić information content (AvgIpc) is 2.80. The van der Waals surface area contributed by atoms with Crippen LogP contribution in [-0.4, -0.2) is 59.7 Å². The summed E-state index contributed by atoms with van der Waals surface area (Å²) < 4.78 is 43.2. The molecule has 0 bridgehead atoms. The Morgan fingerprint density at radius 2 is 1.91 bits per heavy atom. The van der Waals surface area contributed by atoms with E-state index in [2.05, 4.69) is 15.3 Å². The van der Waals surface area contributed by atoms with Crippen LogP contribution in [0.25, 0.3) is 0 Å². The van der Waals surface area contributed by atoms with Crippen LogP contribution in [0.1, 0.15) is 24.1 Å². The lowest BCUT2D eigenvalue weighted by Crippen LogP contribution is -2.57. The van der Waals surface area contributed by atoms with Crippen molar-refractivity contribution in [2.75, 3.05) is 37.0 Å². The predicted octanol–water partition coefficient (Wildman–Crippen LogP) is 2.42. The van der Waals surface area contributed by atoms with Crippen molar-refractivity contribution in [1.29, 1.82) is 0 Å². The number of nitrogens with one attached hydrogen (secondary N) is 1. The number of fused-ring (bicyclic) bond motifs is 2. The molecule has 9 nitrogen and oxygen atoms in total. The van der Waals surface area contributed by atoms with Crippen LogP contribution in [0.4, 0.5) is 29.6 Å². The number of methoxy groups -OCH3 is 1. The molecule has 1 aromatic carbocycles. The van der Waals surface area contributed by atoms with Crippen molar-refractivity contribution < 1.29 is 27.5 Å². The number of alkyl halides is 3. The molecule has 0 radical (unpaired) electrons. The first kappa shape index (κ1) is 22.6. The van der Waals surface area contributed by atoms with Gasteiger partial charge in [0.05, 0.1) is 24.8 Å². The SMILES string of the molecule is COc1ccc(N2Cc3cnc(NCC(F)(F)F)nc3C3(CCN(C(N)=O)CC3)C2=O)cc1. The number of hydrogen-bond donors (Lipinski definition) is 2. The number of benzene rings is 1. The van der Waals surface area contributed by atoms with E-state index in [1.54, 1.807) is 36.3 Å². The minimum Gasteiger partial charge on any atom is -0.497 e. The monoisotopic (exact) mass is 464 g/mol. The van der Waals surface area contributed by atoms with Gasteiger partial charge >= 0.3 is 12.2 Å². The Kier molecular flexibility index (Phi) is 5.76. The van der Waals surface area contributed by atoms with Crippen molar-refractivity contribution in [3.8, 4) is 5.75 Å². The topological polar surface area (TPSA) is 114 Å². The highest BCUT2D eigenvalue weighted by molar-refractivity contribution is 6.03. The van der Waals surface area contributed by atoms with Crippen LogP contribution in [0.15, 0.2) is 30.5 Å². The first-order valence-electron chi connectivity index (χ1n) is 10.3. The van der Waals surface area contributed by atoms with Crippen molar-refractivity contribution in [1.82, 2.24) is 14.9 Å². The highest BCUT2D eigenvalue weighted by atomic mass is 19.4. The lowest BCUT2D eigenvalue weighted by atomic mass is 9.70. The van der Waals surface area contributed by atoms with Crippen LogP contribution in [0.3, 0.4) is 0 Å². The van der Waals surface area contributed by atoms with Gasteiger partial charge in [0, 0.05) is 30.5 Å². The molecule has 0 atom stereocenters. The first-order valence-corrected chi connectivity index (χ1v) is 10.3. The Morgan fingerprint density at radius 1 is 1.24 bits per heavy atom. The van der Waals surface area contributed by atoms with Gasteiger partial charge in [0.2, 0.25) is 11.9 Å². The first-order chi connectivity index (χ1) is 15.6. The molecule has 1 saturated heterocycles. The Morgan fingerprint density at radius 3 is 2.48 bits per heavy atom. The molecule has 4 rings (SSSR count). The van der Waals surface area contributed by atoms with Gasteiger partial charge in [-0.2, -0.15) is 13.2 Å². The molecule has 3 N–H and O–H groups in total. The molecule has 12 heteroatoms. The Labute approximate surface area is 187 Å². The number of nitrogens with zero attached hydrogens (tertiary/aromatic N) is 4. The number of halogens is 3. The Balaban J connectivity index is 1.73. The molecule has 1 spiro atoms. The van der Waals surface area contributed by atoms with Crippen molar-refractivity contribution in [3.05, 3.63) is 41.7 Å². The van der Waals surface area contributed by atoms with E-state index in [1.165, 1.54) is 11.1 Å². The second kappa shape index (κ2) is 8.41. The van der Waals surface area contributed by atoms with Gasteiger partial charge in [0.15, 0.2) is 0 Å². The minimum absolute atomic E-state index is 0.168. The molecule has 3 heterocycles. The van der Waals surface area contributed by atoms with E-state index < -0.39 is 24.2 Å². The van der Waals surface area contributed by atoms with Crippen molar-refractivity contribution in [2.45, 2.75) is 31.0 Å². The molecular formula is C21H23F3N6O3. The average molecular weight is 464 g/mol. The maximum Gasteiger partial charge on any atom is 0.405 e. The third kappa shape index (κ3) is 4.37. The Bertz CT molecular complexity index is 1050. The summed E-state index contributed by atoms with van der Waals surface area (Å²) in [7, 11) is 1.54. The standard InChI is InChI=1S/C21H23F3N6O3/c1-33-15-4-2-14(3-5-15)30-11-13-10-26-19(27-12-21(22,23)24)28-16(13)20(17(30)31)6-8-29(9-7-20)18(25)32/h2-5,10H,6-9,11-12H2,1H3,(H2,25,32)(H,26,27,28). The largest absolute Gasteiger partial charge is 0.497 e. The van der Waals surface area contributed by atoms with E-state index >= 15 is 0 Å². The van der Waals surface area contributed by atoms with Crippen LogP contribution in [0.2, 0.25) is 0 Å². The van der Waals surface area contributed by atoms with Crippen molar-refractivity contribution in [3.63, 3.8) is 0 Å². The number of amides is 3. The van der Waals surface area contributed by atoms with Gasteiger partial charge in [-0.25, -0.2) is 14.8 Å². The molecule has 3 amide bonds. The quantitative estimate of drug-likeness (QED) is 0.719. The third-order valence-electron chi connectivity index (χ3n) is 6.06. The summed E-state index contributed by atoms with van der Waals surface area (Å²) in [4.78, 5) is 36.9. The number of carbonyl (C=O) groups excluding carboxylic acids is 2. The van der Waals surface area contributed by atoms with Crippen LogP contribution in [-0.2, 0) is 16.8 Å². The zero-order valence-electron chi connectivity index (χ0n) is 17.9. The van der Waals surface area contributed by atoms with Crippen LogP contribution in [0.5, 0.6) is 5.75 Å². The molecular weight excluding hydrogens is 441 g/mol. The number of ether oxygens (including phenoxy) is 1. The molecule has 1 aromatic heterocycles. The molecule has 1 fully saturated rings. The predicted molar refractivity (Wildman–Crippen MR) is 113 cm³/mol. The maximum absolute atomic E-state index is 13.8. The molecule has 2 aromatic rings.